The summed E-state index contributed by atoms with van der Waals surface area (Å²) in [5, 5.41) is 16.2. The largest absolute Gasteiger partial charge is 0.379 e. The van der Waals surface area contributed by atoms with Gasteiger partial charge in [0.05, 0.1) is 6.07 Å². The van der Waals surface area contributed by atoms with Gasteiger partial charge in [0.25, 0.3) is 0 Å². The highest BCUT2D eigenvalue weighted by atomic mass is 16.3. The van der Waals surface area contributed by atoms with E-state index in [9.17, 15) is 0 Å². The molecule has 0 aromatic heterocycles. The molecule has 0 radical (unpaired) electrons. The summed E-state index contributed by atoms with van der Waals surface area (Å²) < 4.78 is 0. The Morgan fingerprint density at radius 1 is 1.86 bits per heavy atom. The van der Waals surface area contributed by atoms with Crippen molar-refractivity contribution in [1.82, 2.24) is 0 Å². The summed E-state index contributed by atoms with van der Waals surface area (Å²) in [6.45, 7) is 0. The van der Waals surface area contributed by atoms with E-state index in [1.165, 1.54) is 0 Å². The van der Waals surface area contributed by atoms with Crippen LogP contribution in [0.1, 0.15) is 12.8 Å². The van der Waals surface area contributed by atoms with Gasteiger partial charge in [-0.05, 0) is 6.42 Å². The molecule has 0 heterocycles. The Bertz CT molecular complexity index is 74.2. The first-order valence-electron chi connectivity index (χ1n) is 2.08. The lowest BCUT2D eigenvalue weighted by molar-refractivity contribution is 0.174. The van der Waals surface area contributed by atoms with E-state index < -0.39 is 6.23 Å². The summed E-state index contributed by atoms with van der Waals surface area (Å²) in [5.74, 6) is 0. The van der Waals surface area contributed by atoms with Crippen molar-refractivity contribution < 1.29 is 5.11 Å². The fourth-order valence-electron chi connectivity index (χ4n) is 0.212. The van der Waals surface area contributed by atoms with Gasteiger partial charge in [0, 0.05) is 6.42 Å². The normalized spacial score (nSPS) is 12.7. The summed E-state index contributed by atoms with van der Waals surface area (Å²) >= 11 is 0. The van der Waals surface area contributed by atoms with E-state index >= 15 is 0 Å². The first-order valence-corrected chi connectivity index (χ1v) is 2.08. The quantitative estimate of drug-likeness (QED) is 0.462. The zero-order valence-corrected chi connectivity index (χ0v) is 3.96. The lowest BCUT2D eigenvalue weighted by Gasteiger charge is -1.94. The molecule has 3 nitrogen and oxygen atoms in total. The van der Waals surface area contributed by atoms with Crippen molar-refractivity contribution in [3.63, 3.8) is 0 Å². The summed E-state index contributed by atoms with van der Waals surface area (Å²) in [6, 6.07) is 1.86. The molecule has 1 unspecified atom stereocenters. The molecule has 0 amide bonds. The second kappa shape index (κ2) is 3.59. The Morgan fingerprint density at radius 2 is 2.43 bits per heavy atom. The predicted octanol–water partition coefficient (Wildman–Crippen LogP) is -0.433. The lowest BCUT2D eigenvalue weighted by Crippen LogP contribution is -2.17. The van der Waals surface area contributed by atoms with Gasteiger partial charge in [0.2, 0.25) is 0 Å². The molecule has 0 aliphatic carbocycles. The second-order valence-corrected chi connectivity index (χ2v) is 1.26. The van der Waals surface area contributed by atoms with Crippen LogP contribution in [-0.2, 0) is 0 Å². The van der Waals surface area contributed by atoms with Crippen LogP contribution >= 0.6 is 0 Å². The smallest absolute Gasteiger partial charge is 0.103 e. The van der Waals surface area contributed by atoms with Gasteiger partial charge in [-0.2, -0.15) is 5.26 Å². The van der Waals surface area contributed by atoms with E-state index in [0.717, 1.165) is 0 Å². The van der Waals surface area contributed by atoms with Crippen LogP contribution < -0.4 is 5.73 Å². The number of aliphatic hydroxyl groups excluding tert-OH is 1. The molecule has 40 valence electrons. The molecule has 0 saturated heterocycles. The topological polar surface area (TPSA) is 70.0 Å². The number of nitrogens with zero attached hydrogens (tertiary/aromatic N) is 1. The van der Waals surface area contributed by atoms with Gasteiger partial charge in [0.15, 0.2) is 0 Å². The van der Waals surface area contributed by atoms with Crippen molar-refractivity contribution in [2.75, 3.05) is 0 Å². The van der Waals surface area contributed by atoms with Crippen molar-refractivity contribution in [3.8, 4) is 6.07 Å². The first-order chi connectivity index (χ1) is 3.27. The minimum Gasteiger partial charge on any atom is -0.379 e. The Hall–Kier alpha value is -0.590. The maximum Gasteiger partial charge on any atom is 0.103 e. The van der Waals surface area contributed by atoms with E-state index in [2.05, 4.69) is 0 Å². The van der Waals surface area contributed by atoms with Crippen LogP contribution in [0.2, 0.25) is 0 Å². The van der Waals surface area contributed by atoms with Crippen molar-refractivity contribution in [3.05, 3.63) is 0 Å². The number of hydrogen-bond donors (Lipinski definition) is 2. The van der Waals surface area contributed by atoms with Crippen LogP contribution in [0.15, 0.2) is 0 Å². The van der Waals surface area contributed by atoms with Crippen LogP contribution in [-0.4, -0.2) is 11.3 Å². The van der Waals surface area contributed by atoms with Crippen LogP contribution in [0.5, 0.6) is 0 Å². The second-order valence-electron chi connectivity index (χ2n) is 1.26. The molecule has 0 fully saturated rings. The SMILES string of the molecule is N#CCCC(N)O. The van der Waals surface area contributed by atoms with Gasteiger partial charge in [-0.25, -0.2) is 0 Å². The van der Waals surface area contributed by atoms with E-state index in [1.54, 1.807) is 0 Å². The number of aliphatic hydroxyl groups is 1. The third-order valence-corrected chi connectivity index (χ3v) is 0.552. The Kier molecular flexibility index (Phi) is 3.29. The highest BCUT2D eigenvalue weighted by Gasteiger charge is 1.90. The molecule has 0 aliphatic heterocycles. The average Bonchev–Trinajstić information content (AvgIpc) is 1.61. The molecule has 0 bridgehead atoms. The number of nitrogens with two attached hydrogens (primary N) is 1. The highest BCUT2D eigenvalue weighted by Crippen LogP contribution is 1.85. The fourth-order valence-corrected chi connectivity index (χ4v) is 0.212. The van der Waals surface area contributed by atoms with Gasteiger partial charge in [-0.15, -0.1) is 0 Å². The highest BCUT2D eigenvalue weighted by molar-refractivity contribution is 4.69. The summed E-state index contributed by atoms with van der Waals surface area (Å²) in [5.41, 5.74) is 4.88. The van der Waals surface area contributed by atoms with Crippen LogP contribution in [0.4, 0.5) is 0 Å². The maximum atomic E-state index is 8.31. The number of nitriles is 1. The summed E-state index contributed by atoms with van der Waals surface area (Å²) in [4.78, 5) is 0. The zero-order valence-electron chi connectivity index (χ0n) is 3.96. The lowest BCUT2D eigenvalue weighted by atomic mass is 10.3. The van der Waals surface area contributed by atoms with Crippen LogP contribution in [0.25, 0.3) is 0 Å². The van der Waals surface area contributed by atoms with Gasteiger partial charge >= 0.3 is 0 Å². The minimum absolute atomic E-state index is 0.331. The molecule has 0 spiro atoms. The molecule has 3 heteroatoms. The molecule has 0 aromatic carbocycles. The Labute approximate surface area is 42.4 Å². The van der Waals surface area contributed by atoms with Gasteiger partial charge in [0.1, 0.15) is 6.23 Å². The molecule has 0 saturated carbocycles. The molecular formula is C4H8N2O. The van der Waals surface area contributed by atoms with Gasteiger partial charge in [-0.3, -0.25) is 0 Å². The van der Waals surface area contributed by atoms with E-state index in [1.807, 2.05) is 6.07 Å². The van der Waals surface area contributed by atoms with E-state index in [-0.39, 0.29) is 0 Å². The first kappa shape index (κ1) is 6.41. The predicted molar refractivity (Wildman–Crippen MR) is 25.0 cm³/mol. The number of rotatable bonds is 2. The minimum atomic E-state index is -0.820. The molecule has 0 aromatic rings. The monoisotopic (exact) mass is 100 g/mol. The van der Waals surface area contributed by atoms with Crippen molar-refractivity contribution in [1.29, 1.82) is 5.26 Å². The van der Waals surface area contributed by atoms with Crippen molar-refractivity contribution in [2.24, 2.45) is 5.73 Å². The third kappa shape index (κ3) is 5.41. The maximum absolute atomic E-state index is 8.31. The average molecular weight is 100 g/mol. The Balaban J connectivity index is 2.86. The van der Waals surface area contributed by atoms with E-state index in [0.29, 0.717) is 12.8 Å². The molecule has 1 atom stereocenters. The van der Waals surface area contributed by atoms with Gasteiger partial charge < -0.3 is 10.8 Å². The van der Waals surface area contributed by atoms with Crippen LogP contribution in [0.3, 0.4) is 0 Å². The zero-order chi connectivity index (χ0) is 5.70. The number of hydrogen-bond acceptors (Lipinski definition) is 3. The standard InChI is InChI=1S/C4H8N2O/c5-3-1-2-4(6)7/h4,7H,1-2,6H2. The summed E-state index contributed by atoms with van der Waals surface area (Å²) in [7, 11) is 0. The molecule has 3 N–H and O–H groups in total. The molecule has 0 aliphatic rings. The van der Waals surface area contributed by atoms with E-state index in [4.69, 9.17) is 16.1 Å². The molecular weight excluding hydrogens is 92.1 g/mol. The third-order valence-electron chi connectivity index (χ3n) is 0.552. The van der Waals surface area contributed by atoms with Crippen molar-refractivity contribution in [2.45, 2.75) is 19.1 Å². The van der Waals surface area contributed by atoms with Crippen molar-refractivity contribution >= 4 is 0 Å². The summed E-state index contributed by atoms with van der Waals surface area (Å²) in [6.07, 6.45) is -0.117. The fraction of sp³-hybridized carbons (Fsp3) is 0.750. The molecule has 7 heavy (non-hydrogen) atoms. The van der Waals surface area contributed by atoms with Crippen LogP contribution in [0, 0.1) is 11.3 Å². The Morgan fingerprint density at radius 3 is 2.57 bits per heavy atom. The molecule has 0 rings (SSSR count). The van der Waals surface area contributed by atoms with Gasteiger partial charge in [-0.1, -0.05) is 0 Å².